The largest absolute Gasteiger partial charge is 0.386 e. The number of halogens is 2. The van der Waals surface area contributed by atoms with E-state index in [-0.39, 0.29) is 18.3 Å². The minimum absolute atomic E-state index is 0.0735. The fraction of sp³-hybridized carbons (Fsp3) is 0.250. The molecule has 1 unspecified atom stereocenters. The Bertz CT molecular complexity index is 610. The zero-order chi connectivity index (χ0) is 14.7. The molecule has 0 fully saturated rings. The van der Waals surface area contributed by atoms with Gasteiger partial charge in [0.1, 0.15) is 0 Å². The van der Waals surface area contributed by atoms with Crippen LogP contribution in [0.15, 0.2) is 22.7 Å². The Kier molecular flexibility index (Phi) is 4.59. The summed E-state index contributed by atoms with van der Waals surface area (Å²) in [5.74, 6) is -0.367. The van der Waals surface area contributed by atoms with Gasteiger partial charge in [-0.25, -0.2) is 0 Å². The standard InChI is InChI=1S/C12H11Cl2N3O3/c1-6-16-11(17-20-6)12(19)15-5-9(18)10-7(13)3-2-4-8(10)14/h2-4,9,18H,5H2,1H3,(H,15,19). The monoisotopic (exact) mass is 315 g/mol. The summed E-state index contributed by atoms with van der Waals surface area (Å²) in [5.41, 5.74) is 0.362. The molecule has 0 spiro atoms. The van der Waals surface area contributed by atoms with Crippen molar-refractivity contribution in [3.63, 3.8) is 0 Å². The van der Waals surface area contributed by atoms with Gasteiger partial charge in [-0.3, -0.25) is 4.79 Å². The molecule has 1 aromatic carbocycles. The van der Waals surface area contributed by atoms with Gasteiger partial charge in [-0.05, 0) is 12.1 Å². The van der Waals surface area contributed by atoms with E-state index in [0.717, 1.165) is 0 Å². The van der Waals surface area contributed by atoms with Crippen molar-refractivity contribution < 1.29 is 14.4 Å². The van der Waals surface area contributed by atoms with E-state index in [9.17, 15) is 9.90 Å². The first-order chi connectivity index (χ1) is 9.49. The molecule has 0 saturated heterocycles. The van der Waals surface area contributed by atoms with E-state index in [0.29, 0.717) is 15.6 Å². The van der Waals surface area contributed by atoms with Gasteiger partial charge in [-0.1, -0.05) is 34.4 Å². The second-order valence-electron chi connectivity index (χ2n) is 4.00. The third kappa shape index (κ3) is 3.27. The average molecular weight is 316 g/mol. The highest BCUT2D eigenvalue weighted by Gasteiger charge is 2.18. The molecule has 1 aromatic heterocycles. The molecule has 2 N–H and O–H groups in total. The van der Waals surface area contributed by atoms with Crippen LogP contribution in [0.25, 0.3) is 0 Å². The molecule has 0 bridgehead atoms. The fourth-order valence-electron chi connectivity index (χ4n) is 1.59. The first-order valence-corrected chi connectivity index (χ1v) is 6.45. The molecule has 2 aromatic rings. The number of aliphatic hydroxyl groups excluding tert-OH is 1. The molecule has 0 aliphatic carbocycles. The Morgan fingerprint density at radius 3 is 2.65 bits per heavy atom. The van der Waals surface area contributed by atoms with Crippen LogP contribution in [-0.2, 0) is 0 Å². The predicted octanol–water partition coefficient (Wildman–Crippen LogP) is 2.15. The Balaban J connectivity index is 2.02. The second kappa shape index (κ2) is 6.21. The maximum Gasteiger partial charge on any atom is 0.292 e. The van der Waals surface area contributed by atoms with Gasteiger partial charge in [0.25, 0.3) is 11.7 Å². The molecule has 0 radical (unpaired) electrons. The van der Waals surface area contributed by atoms with Crippen LogP contribution in [0.4, 0.5) is 0 Å². The van der Waals surface area contributed by atoms with Crippen LogP contribution < -0.4 is 5.32 Å². The van der Waals surface area contributed by atoms with Gasteiger partial charge in [0, 0.05) is 29.1 Å². The maximum absolute atomic E-state index is 11.7. The third-order valence-corrected chi connectivity index (χ3v) is 3.18. The number of aryl methyl sites for hydroxylation is 1. The van der Waals surface area contributed by atoms with Crippen molar-refractivity contribution in [2.45, 2.75) is 13.0 Å². The summed E-state index contributed by atoms with van der Waals surface area (Å²) in [5, 5.41) is 16.6. The minimum Gasteiger partial charge on any atom is -0.386 e. The Hall–Kier alpha value is -1.63. The smallest absolute Gasteiger partial charge is 0.292 e. The number of hydrogen-bond donors (Lipinski definition) is 2. The van der Waals surface area contributed by atoms with E-state index in [1.807, 2.05) is 0 Å². The molecule has 2 rings (SSSR count). The molecule has 0 aliphatic rings. The van der Waals surface area contributed by atoms with Crippen molar-refractivity contribution in [2.75, 3.05) is 6.54 Å². The van der Waals surface area contributed by atoms with Crippen LogP contribution in [-0.4, -0.2) is 27.7 Å². The zero-order valence-corrected chi connectivity index (χ0v) is 11.9. The van der Waals surface area contributed by atoms with Crippen molar-refractivity contribution in [1.29, 1.82) is 0 Å². The number of nitrogens with one attached hydrogen (secondary N) is 1. The summed E-state index contributed by atoms with van der Waals surface area (Å²) in [4.78, 5) is 15.5. The number of aromatic nitrogens is 2. The number of amides is 1. The number of rotatable bonds is 4. The van der Waals surface area contributed by atoms with Gasteiger partial charge in [0.15, 0.2) is 0 Å². The first-order valence-electron chi connectivity index (χ1n) is 5.69. The van der Waals surface area contributed by atoms with Gasteiger partial charge < -0.3 is 14.9 Å². The molecule has 1 heterocycles. The Morgan fingerprint density at radius 2 is 2.10 bits per heavy atom. The average Bonchev–Trinajstić information content (AvgIpc) is 2.82. The molecule has 1 amide bonds. The minimum atomic E-state index is -1.03. The Labute approximate surface area is 124 Å². The molecular formula is C12H11Cl2N3O3. The van der Waals surface area contributed by atoms with Crippen molar-refractivity contribution in [3.8, 4) is 0 Å². The van der Waals surface area contributed by atoms with Crippen LogP contribution in [0.1, 0.15) is 28.2 Å². The highest BCUT2D eigenvalue weighted by molar-refractivity contribution is 6.36. The number of carbonyl (C=O) groups is 1. The lowest BCUT2D eigenvalue weighted by atomic mass is 10.1. The van der Waals surface area contributed by atoms with E-state index in [4.69, 9.17) is 23.2 Å². The Morgan fingerprint density at radius 1 is 1.45 bits per heavy atom. The SMILES string of the molecule is Cc1nc(C(=O)NCC(O)c2c(Cl)cccc2Cl)no1. The molecule has 0 aliphatic heterocycles. The summed E-state index contributed by atoms with van der Waals surface area (Å²) in [6, 6.07) is 4.88. The summed E-state index contributed by atoms with van der Waals surface area (Å²) in [6.07, 6.45) is -1.03. The number of benzene rings is 1. The van der Waals surface area contributed by atoms with E-state index in [1.165, 1.54) is 0 Å². The highest BCUT2D eigenvalue weighted by atomic mass is 35.5. The molecule has 8 heteroatoms. The number of hydrogen-bond acceptors (Lipinski definition) is 5. The normalized spacial score (nSPS) is 12.2. The summed E-state index contributed by atoms with van der Waals surface area (Å²) in [6.45, 7) is 1.50. The van der Waals surface area contributed by atoms with E-state index < -0.39 is 12.0 Å². The first kappa shape index (κ1) is 14.8. The van der Waals surface area contributed by atoms with Gasteiger partial charge in [-0.2, -0.15) is 4.98 Å². The van der Waals surface area contributed by atoms with Crippen LogP contribution >= 0.6 is 23.2 Å². The van der Waals surface area contributed by atoms with Crippen LogP contribution in [0, 0.1) is 6.92 Å². The topological polar surface area (TPSA) is 88.2 Å². The van der Waals surface area contributed by atoms with Gasteiger partial charge >= 0.3 is 0 Å². The zero-order valence-electron chi connectivity index (χ0n) is 10.4. The molecule has 20 heavy (non-hydrogen) atoms. The molecular weight excluding hydrogens is 305 g/mol. The van der Waals surface area contributed by atoms with Crippen molar-refractivity contribution >= 4 is 29.1 Å². The molecule has 1 atom stereocenters. The molecule has 106 valence electrons. The number of aliphatic hydroxyl groups is 1. The summed E-state index contributed by atoms with van der Waals surface area (Å²) >= 11 is 11.9. The van der Waals surface area contributed by atoms with E-state index >= 15 is 0 Å². The quantitative estimate of drug-likeness (QED) is 0.902. The molecule has 6 nitrogen and oxygen atoms in total. The third-order valence-electron chi connectivity index (χ3n) is 2.52. The van der Waals surface area contributed by atoms with Crippen molar-refractivity contribution in [2.24, 2.45) is 0 Å². The summed E-state index contributed by atoms with van der Waals surface area (Å²) in [7, 11) is 0. The lowest BCUT2D eigenvalue weighted by Gasteiger charge is -2.14. The second-order valence-corrected chi connectivity index (χ2v) is 4.81. The van der Waals surface area contributed by atoms with E-state index in [2.05, 4.69) is 20.0 Å². The summed E-state index contributed by atoms with van der Waals surface area (Å²) < 4.78 is 4.69. The van der Waals surface area contributed by atoms with Crippen LogP contribution in [0.2, 0.25) is 10.0 Å². The molecule has 0 saturated carbocycles. The van der Waals surface area contributed by atoms with Crippen LogP contribution in [0.3, 0.4) is 0 Å². The van der Waals surface area contributed by atoms with Gasteiger partial charge in [-0.15, -0.1) is 0 Å². The van der Waals surface area contributed by atoms with Crippen molar-refractivity contribution in [3.05, 3.63) is 45.5 Å². The van der Waals surface area contributed by atoms with Crippen molar-refractivity contribution in [1.82, 2.24) is 15.5 Å². The van der Waals surface area contributed by atoms with E-state index in [1.54, 1.807) is 25.1 Å². The highest BCUT2D eigenvalue weighted by Crippen LogP contribution is 2.29. The lowest BCUT2D eigenvalue weighted by Crippen LogP contribution is -2.29. The predicted molar refractivity (Wildman–Crippen MR) is 72.8 cm³/mol. The van der Waals surface area contributed by atoms with Gasteiger partial charge in [0.2, 0.25) is 5.89 Å². The number of nitrogens with zero attached hydrogens (tertiary/aromatic N) is 2. The van der Waals surface area contributed by atoms with Gasteiger partial charge in [0.05, 0.1) is 6.10 Å². The van der Waals surface area contributed by atoms with Crippen LogP contribution in [0.5, 0.6) is 0 Å². The number of carbonyl (C=O) groups excluding carboxylic acids is 1. The lowest BCUT2D eigenvalue weighted by molar-refractivity contribution is 0.0903. The maximum atomic E-state index is 11.7. The fourth-order valence-corrected chi connectivity index (χ4v) is 2.24.